The molecule has 0 amide bonds. The van der Waals surface area contributed by atoms with E-state index in [0.717, 1.165) is 24.7 Å². The van der Waals surface area contributed by atoms with Crippen molar-refractivity contribution in [2.75, 3.05) is 33.5 Å². The second-order valence-corrected chi connectivity index (χ2v) is 11.1. The van der Waals surface area contributed by atoms with Gasteiger partial charge >= 0.3 is 11.9 Å². The van der Waals surface area contributed by atoms with Gasteiger partial charge in [-0.05, 0) is 48.6 Å². The van der Waals surface area contributed by atoms with Crippen molar-refractivity contribution in [1.82, 2.24) is 0 Å². The van der Waals surface area contributed by atoms with E-state index in [4.69, 9.17) is 19.3 Å². The van der Waals surface area contributed by atoms with E-state index in [2.05, 4.69) is 44.3 Å². The molecule has 39 heavy (non-hydrogen) atoms. The number of aryl methyl sites for hydroxylation is 2. The molecule has 0 spiro atoms. The van der Waals surface area contributed by atoms with Gasteiger partial charge in [-0.25, -0.2) is 9.59 Å². The Bertz CT molecular complexity index is 882. The summed E-state index contributed by atoms with van der Waals surface area (Å²) in [5, 5.41) is 9.10. The van der Waals surface area contributed by atoms with E-state index in [9.17, 15) is 9.59 Å². The fourth-order valence-electron chi connectivity index (χ4n) is 5.21. The summed E-state index contributed by atoms with van der Waals surface area (Å²) in [6.07, 6.45) is 14.9. The van der Waals surface area contributed by atoms with Gasteiger partial charge in [0.15, 0.2) is 0 Å². The van der Waals surface area contributed by atoms with Gasteiger partial charge in [0.05, 0.1) is 37.6 Å². The van der Waals surface area contributed by atoms with Crippen LogP contribution in [0.2, 0.25) is 0 Å². The first-order valence-electron chi connectivity index (χ1n) is 14.7. The Balaban J connectivity index is 1.80. The molecule has 1 aliphatic rings. The largest absolute Gasteiger partial charge is 0.462 e. The summed E-state index contributed by atoms with van der Waals surface area (Å²) in [5.41, 5.74) is 2.80. The number of esters is 2. The third-order valence-corrected chi connectivity index (χ3v) is 7.87. The minimum Gasteiger partial charge on any atom is -0.462 e. The fourth-order valence-corrected chi connectivity index (χ4v) is 5.21. The molecule has 1 atom stereocenters. The summed E-state index contributed by atoms with van der Waals surface area (Å²) in [4.78, 5) is 24.1. The number of methoxy groups -OCH3 is 1. The molecule has 1 fully saturated rings. The quantitative estimate of drug-likeness (QED) is 0.124. The Labute approximate surface area is 235 Å². The molecule has 0 aromatic heterocycles. The van der Waals surface area contributed by atoms with Crippen molar-refractivity contribution in [2.24, 2.45) is 17.8 Å². The predicted octanol–water partition coefficient (Wildman–Crippen LogP) is 6.39. The zero-order valence-electron chi connectivity index (χ0n) is 24.3. The molecule has 2 rings (SSSR count). The van der Waals surface area contributed by atoms with Crippen molar-refractivity contribution in [1.29, 1.82) is 0 Å². The van der Waals surface area contributed by atoms with Gasteiger partial charge in [0.25, 0.3) is 0 Å². The van der Waals surface area contributed by atoms with Crippen LogP contribution >= 0.6 is 0 Å². The molecule has 0 saturated heterocycles. The molecule has 0 radical (unpaired) electrons. The summed E-state index contributed by atoms with van der Waals surface area (Å²) < 4.78 is 15.6. The number of aliphatic hydroxyl groups is 1. The van der Waals surface area contributed by atoms with E-state index >= 15 is 0 Å². The molecule has 1 aromatic carbocycles. The minimum absolute atomic E-state index is 0.00479. The van der Waals surface area contributed by atoms with E-state index in [1.165, 1.54) is 76.0 Å². The molecule has 0 aliphatic heterocycles. The van der Waals surface area contributed by atoms with Gasteiger partial charge in [-0.15, -0.1) is 0 Å². The van der Waals surface area contributed by atoms with Gasteiger partial charge in [-0.2, -0.15) is 0 Å². The number of carbonyl (C=O) groups excluding carboxylic acids is 2. The highest BCUT2D eigenvalue weighted by atomic mass is 16.5. The van der Waals surface area contributed by atoms with Crippen molar-refractivity contribution >= 4 is 11.9 Å². The summed E-state index contributed by atoms with van der Waals surface area (Å²) in [5.74, 6) is 0.450. The summed E-state index contributed by atoms with van der Waals surface area (Å²) in [6, 6.07) is 8.79. The number of carbonyl (C=O) groups is 2. The number of ether oxygens (including phenoxy) is 3. The SMILES string of the molecule is C=C(CO)C(=O)OCC(CCc1ccc(CCC2CCC(CCCCC)CC2)cc1)COC(=O)C(=C)COC. The average molecular weight is 543 g/mol. The lowest BCUT2D eigenvalue weighted by Crippen LogP contribution is -2.23. The summed E-state index contributed by atoms with van der Waals surface area (Å²) in [7, 11) is 1.49. The monoisotopic (exact) mass is 542 g/mol. The molecule has 218 valence electrons. The Hall–Kier alpha value is -2.44. The topological polar surface area (TPSA) is 82.1 Å². The van der Waals surface area contributed by atoms with Crippen LogP contribution in [0.5, 0.6) is 0 Å². The highest BCUT2D eigenvalue weighted by molar-refractivity contribution is 5.88. The van der Waals surface area contributed by atoms with Crippen LogP contribution in [0, 0.1) is 17.8 Å². The number of rotatable bonds is 19. The Morgan fingerprint density at radius 3 is 1.95 bits per heavy atom. The molecule has 0 bridgehead atoms. The number of unbranched alkanes of at least 4 members (excludes halogenated alkanes) is 2. The van der Waals surface area contributed by atoms with Gasteiger partial charge in [0, 0.05) is 13.0 Å². The second kappa shape index (κ2) is 18.8. The van der Waals surface area contributed by atoms with Crippen LogP contribution < -0.4 is 0 Å². The van der Waals surface area contributed by atoms with E-state index in [1.54, 1.807) is 0 Å². The normalized spacial score (nSPS) is 17.8. The third-order valence-electron chi connectivity index (χ3n) is 7.87. The molecule has 1 aliphatic carbocycles. The Kier molecular flexibility index (Phi) is 15.8. The highest BCUT2D eigenvalue weighted by Gasteiger charge is 2.21. The number of aliphatic hydroxyl groups excluding tert-OH is 1. The van der Waals surface area contributed by atoms with E-state index < -0.39 is 18.5 Å². The van der Waals surface area contributed by atoms with Gasteiger partial charge < -0.3 is 19.3 Å². The summed E-state index contributed by atoms with van der Waals surface area (Å²) >= 11 is 0. The molecular weight excluding hydrogens is 492 g/mol. The van der Waals surface area contributed by atoms with Crippen LogP contribution in [0.25, 0.3) is 0 Å². The van der Waals surface area contributed by atoms with Crippen molar-refractivity contribution in [2.45, 2.75) is 84.0 Å². The molecule has 0 heterocycles. The van der Waals surface area contributed by atoms with E-state index in [1.807, 2.05) is 0 Å². The Morgan fingerprint density at radius 1 is 0.872 bits per heavy atom. The lowest BCUT2D eigenvalue weighted by Gasteiger charge is -2.28. The van der Waals surface area contributed by atoms with Crippen molar-refractivity contribution in [3.8, 4) is 0 Å². The van der Waals surface area contributed by atoms with Crippen molar-refractivity contribution in [3.05, 3.63) is 59.7 Å². The molecule has 1 N–H and O–H groups in total. The number of hydrogen-bond acceptors (Lipinski definition) is 6. The lowest BCUT2D eigenvalue weighted by molar-refractivity contribution is -0.144. The van der Waals surface area contributed by atoms with Crippen LogP contribution in [-0.4, -0.2) is 50.6 Å². The van der Waals surface area contributed by atoms with Crippen molar-refractivity contribution in [3.63, 3.8) is 0 Å². The zero-order chi connectivity index (χ0) is 28.5. The number of benzene rings is 1. The zero-order valence-corrected chi connectivity index (χ0v) is 24.3. The smallest absolute Gasteiger partial charge is 0.335 e. The van der Waals surface area contributed by atoms with Gasteiger partial charge in [-0.3, -0.25) is 0 Å². The maximum Gasteiger partial charge on any atom is 0.335 e. The molecular formula is C33H50O6. The first kappa shape index (κ1) is 32.8. The van der Waals surface area contributed by atoms with Crippen molar-refractivity contribution < 1.29 is 28.9 Å². The summed E-state index contributed by atoms with van der Waals surface area (Å²) in [6.45, 7) is 9.26. The van der Waals surface area contributed by atoms with Gasteiger partial charge in [-0.1, -0.05) is 95.7 Å². The predicted molar refractivity (Wildman–Crippen MR) is 155 cm³/mol. The van der Waals surface area contributed by atoms with Crippen LogP contribution in [-0.2, 0) is 36.6 Å². The minimum atomic E-state index is -0.646. The molecule has 1 unspecified atom stereocenters. The van der Waals surface area contributed by atoms with Crippen LogP contribution in [0.1, 0.15) is 82.3 Å². The fraction of sp³-hybridized carbons (Fsp3) is 0.636. The maximum atomic E-state index is 12.1. The average Bonchev–Trinajstić information content (AvgIpc) is 2.96. The van der Waals surface area contributed by atoms with Crippen LogP contribution in [0.15, 0.2) is 48.6 Å². The number of hydrogen-bond donors (Lipinski definition) is 1. The van der Waals surface area contributed by atoms with Crippen LogP contribution in [0.3, 0.4) is 0 Å². The first-order valence-corrected chi connectivity index (χ1v) is 14.7. The maximum absolute atomic E-state index is 12.1. The standard InChI is InChI=1S/C33H50O6/c1-5-6-7-8-27-9-11-28(12-10-27)13-14-29-15-17-30(18-16-29)19-20-31(23-38-32(35)25(2)21-34)24-39-33(36)26(3)22-37-4/h15-18,27-28,31,34H,2-3,5-14,19-24H2,1,4H3. The van der Waals surface area contributed by atoms with E-state index in [-0.39, 0.29) is 36.9 Å². The van der Waals surface area contributed by atoms with Crippen LogP contribution in [0.4, 0.5) is 0 Å². The molecule has 6 nitrogen and oxygen atoms in total. The van der Waals surface area contributed by atoms with E-state index in [0.29, 0.717) is 6.42 Å². The molecule has 6 heteroatoms. The highest BCUT2D eigenvalue weighted by Crippen LogP contribution is 2.34. The lowest BCUT2D eigenvalue weighted by atomic mass is 9.78. The molecule has 1 saturated carbocycles. The Morgan fingerprint density at radius 2 is 1.41 bits per heavy atom. The third kappa shape index (κ3) is 13.0. The first-order chi connectivity index (χ1) is 18.9. The molecule has 1 aromatic rings. The van der Waals surface area contributed by atoms with Gasteiger partial charge in [0.1, 0.15) is 0 Å². The van der Waals surface area contributed by atoms with Gasteiger partial charge in [0.2, 0.25) is 0 Å². The second-order valence-electron chi connectivity index (χ2n) is 11.1.